The molecule has 0 spiro atoms. The maximum atomic E-state index is 12.2. The average Bonchev–Trinajstić information content (AvgIpc) is 2.68. The van der Waals surface area contributed by atoms with Crippen molar-refractivity contribution < 1.29 is 19.1 Å². The lowest BCUT2D eigenvalue weighted by Crippen LogP contribution is -2.41. The van der Waals surface area contributed by atoms with Crippen LogP contribution in [0.25, 0.3) is 0 Å². The molecule has 6 heteroatoms. The van der Waals surface area contributed by atoms with Gasteiger partial charge in [-0.3, -0.25) is 9.59 Å². The lowest BCUT2D eigenvalue weighted by molar-refractivity contribution is -0.153. The molecule has 0 fully saturated rings. The Morgan fingerprint density at radius 2 is 1.73 bits per heavy atom. The van der Waals surface area contributed by atoms with Crippen LogP contribution in [0.4, 0.5) is 0 Å². The monoisotopic (exact) mass is 356 g/mol. The van der Waals surface area contributed by atoms with Crippen molar-refractivity contribution in [3.05, 3.63) is 65.7 Å². The summed E-state index contributed by atoms with van der Waals surface area (Å²) < 4.78 is 10.3. The van der Waals surface area contributed by atoms with Gasteiger partial charge in [-0.05, 0) is 29.7 Å². The lowest BCUT2D eigenvalue weighted by atomic mass is 10.1. The van der Waals surface area contributed by atoms with Crippen LogP contribution in [-0.2, 0) is 27.4 Å². The van der Waals surface area contributed by atoms with Gasteiger partial charge in [-0.15, -0.1) is 0 Å². The number of methoxy groups -OCH3 is 1. The average molecular weight is 356 g/mol. The zero-order valence-electron chi connectivity index (χ0n) is 14.8. The van der Waals surface area contributed by atoms with Crippen molar-refractivity contribution in [1.82, 2.24) is 5.32 Å². The first-order valence-corrected chi connectivity index (χ1v) is 8.45. The molecule has 0 aliphatic heterocycles. The van der Waals surface area contributed by atoms with Gasteiger partial charge in [-0.1, -0.05) is 42.5 Å². The second kappa shape index (κ2) is 10.2. The number of esters is 1. The molecular formula is C20H24N2O4. The van der Waals surface area contributed by atoms with E-state index in [1.54, 1.807) is 7.11 Å². The summed E-state index contributed by atoms with van der Waals surface area (Å²) in [6.07, 6.45) is 0.645. The summed E-state index contributed by atoms with van der Waals surface area (Å²) in [6.45, 7) is 0.435. The predicted octanol–water partition coefficient (Wildman–Crippen LogP) is 1.67. The number of benzene rings is 2. The van der Waals surface area contributed by atoms with Gasteiger partial charge in [-0.25, -0.2) is 0 Å². The van der Waals surface area contributed by atoms with Crippen molar-refractivity contribution in [2.45, 2.75) is 13.0 Å². The van der Waals surface area contributed by atoms with Crippen LogP contribution in [0.3, 0.4) is 0 Å². The molecule has 0 saturated heterocycles. The highest BCUT2D eigenvalue weighted by Gasteiger charge is 2.26. The molecule has 0 saturated carbocycles. The van der Waals surface area contributed by atoms with E-state index in [4.69, 9.17) is 15.2 Å². The number of nitrogens with two attached hydrogens (primary N) is 1. The minimum Gasteiger partial charge on any atom is -0.497 e. The molecule has 1 amide bonds. The second-order valence-corrected chi connectivity index (χ2v) is 5.77. The zero-order valence-corrected chi connectivity index (χ0v) is 14.8. The molecule has 2 aromatic carbocycles. The fourth-order valence-electron chi connectivity index (χ4n) is 2.39. The SMILES string of the molecule is COc1ccc(CCNC(=O)C(CN)C(=O)OCc2ccccc2)cc1. The summed E-state index contributed by atoms with van der Waals surface area (Å²) in [5.41, 5.74) is 7.50. The highest BCUT2D eigenvalue weighted by Crippen LogP contribution is 2.11. The van der Waals surface area contributed by atoms with Gasteiger partial charge in [0.1, 0.15) is 18.3 Å². The van der Waals surface area contributed by atoms with E-state index in [0.717, 1.165) is 16.9 Å². The van der Waals surface area contributed by atoms with Crippen LogP contribution >= 0.6 is 0 Å². The van der Waals surface area contributed by atoms with E-state index >= 15 is 0 Å². The predicted molar refractivity (Wildman–Crippen MR) is 98.5 cm³/mol. The Balaban J connectivity index is 1.78. The molecule has 6 nitrogen and oxygen atoms in total. The van der Waals surface area contributed by atoms with E-state index in [2.05, 4.69) is 5.32 Å². The summed E-state index contributed by atoms with van der Waals surface area (Å²) >= 11 is 0. The molecule has 3 N–H and O–H groups in total. The molecule has 1 atom stereocenters. The van der Waals surface area contributed by atoms with E-state index in [0.29, 0.717) is 13.0 Å². The first-order chi connectivity index (χ1) is 12.6. The Kier molecular flexibility index (Phi) is 7.64. The number of amides is 1. The third-order valence-electron chi connectivity index (χ3n) is 3.93. The molecule has 0 bridgehead atoms. The van der Waals surface area contributed by atoms with Gasteiger partial charge in [0, 0.05) is 13.1 Å². The van der Waals surface area contributed by atoms with Crippen LogP contribution in [0.2, 0.25) is 0 Å². The normalized spacial score (nSPS) is 11.5. The topological polar surface area (TPSA) is 90.6 Å². The van der Waals surface area contributed by atoms with Crippen molar-refractivity contribution in [3.63, 3.8) is 0 Å². The molecule has 2 aromatic rings. The first-order valence-electron chi connectivity index (χ1n) is 8.45. The standard InChI is InChI=1S/C20H24N2O4/c1-25-17-9-7-15(8-10-17)11-12-22-19(23)18(13-21)20(24)26-14-16-5-3-2-4-6-16/h2-10,18H,11-14,21H2,1H3,(H,22,23). The van der Waals surface area contributed by atoms with Crippen molar-refractivity contribution in [1.29, 1.82) is 0 Å². The molecule has 138 valence electrons. The van der Waals surface area contributed by atoms with Crippen molar-refractivity contribution in [3.8, 4) is 5.75 Å². The molecule has 0 radical (unpaired) electrons. The number of ether oxygens (including phenoxy) is 2. The summed E-state index contributed by atoms with van der Waals surface area (Å²) in [7, 11) is 1.61. The third kappa shape index (κ3) is 5.89. The quantitative estimate of drug-likeness (QED) is 0.527. The smallest absolute Gasteiger partial charge is 0.320 e. The molecule has 0 aromatic heterocycles. The number of hydrogen-bond acceptors (Lipinski definition) is 5. The first kappa shape index (κ1) is 19.5. The maximum Gasteiger partial charge on any atom is 0.320 e. The van der Waals surface area contributed by atoms with E-state index in [1.807, 2.05) is 54.6 Å². The molecule has 0 aliphatic rings. The van der Waals surface area contributed by atoms with E-state index in [-0.39, 0.29) is 13.2 Å². The fourth-order valence-corrected chi connectivity index (χ4v) is 2.39. The van der Waals surface area contributed by atoms with Gasteiger partial charge in [-0.2, -0.15) is 0 Å². The Morgan fingerprint density at radius 3 is 2.35 bits per heavy atom. The highest BCUT2D eigenvalue weighted by molar-refractivity contribution is 5.98. The molecule has 0 heterocycles. The van der Waals surface area contributed by atoms with Crippen LogP contribution in [-0.4, -0.2) is 32.1 Å². The van der Waals surface area contributed by atoms with Crippen molar-refractivity contribution >= 4 is 11.9 Å². The summed E-state index contributed by atoms with van der Waals surface area (Å²) in [5, 5.41) is 2.74. The maximum absolute atomic E-state index is 12.2. The molecule has 26 heavy (non-hydrogen) atoms. The summed E-state index contributed by atoms with van der Waals surface area (Å²) in [4.78, 5) is 24.3. The largest absolute Gasteiger partial charge is 0.497 e. The van der Waals surface area contributed by atoms with Crippen LogP contribution in [0, 0.1) is 5.92 Å². The van der Waals surface area contributed by atoms with E-state index in [1.165, 1.54) is 0 Å². The fraction of sp³-hybridized carbons (Fsp3) is 0.300. The summed E-state index contributed by atoms with van der Waals surface area (Å²) in [5.74, 6) is -1.26. The minimum absolute atomic E-state index is 0.0952. The Morgan fingerprint density at radius 1 is 1.04 bits per heavy atom. The van der Waals surface area contributed by atoms with E-state index < -0.39 is 17.8 Å². The van der Waals surface area contributed by atoms with Crippen LogP contribution < -0.4 is 15.8 Å². The Labute approximate surface area is 153 Å². The Hall–Kier alpha value is -2.86. The van der Waals surface area contributed by atoms with Gasteiger partial charge >= 0.3 is 5.97 Å². The van der Waals surface area contributed by atoms with Gasteiger partial charge in [0.15, 0.2) is 0 Å². The van der Waals surface area contributed by atoms with Crippen molar-refractivity contribution in [2.24, 2.45) is 11.7 Å². The number of rotatable bonds is 9. The van der Waals surface area contributed by atoms with Crippen LogP contribution in [0.5, 0.6) is 5.75 Å². The number of nitrogens with one attached hydrogen (secondary N) is 1. The molecule has 2 rings (SSSR count). The Bertz CT molecular complexity index is 702. The van der Waals surface area contributed by atoms with Gasteiger partial charge < -0.3 is 20.5 Å². The third-order valence-corrected chi connectivity index (χ3v) is 3.93. The van der Waals surface area contributed by atoms with E-state index in [9.17, 15) is 9.59 Å². The minimum atomic E-state index is -1.01. The van der Waals surface area contributed by atoms with Crippen molar-refractivity contribution in [2.75, 3.05) is 20.2 Å². The van der Waals surface area contributed by atoms with Gasteiger partial charge in [0.2, 0.25) is 5.91 Å². The zero-order chi connectivity index (χ0) is 18.8. The number of carbonyl (C=O) groups excluding carboxylic acids is 2. The summed E-state index contributed by atoms with van der Waals surface area (Å²) in [6, 6.07) is 16.9. The van der Waals surface area contributed by atoms with Gasteiger partial charge in [0.25, 0.3) is 0 Å². The number of carbonyl (C=O) groups is 2. The van der Waals surface area contributed by atoms with Crippen LogP contribution in [0.15, 0.2) is 54.6 Å². The molecular weight excluding hydrogens is 332 g/mol. The van der Waals surface area contributed by atoms with Gasteiger partial charge in [0.05, 0.1) is 7.11 Å². The molecule has 0 aliphatic carbocycles. The number of hydrogen-bond donors (Lipinski definition) is 2. The van der Waals surface area contributed by atoms with Crippen LogP contribution in [0.1, 0.15) is 11.1 Å². The highest BCUT2D eigenvalue weighted by atomic mass is 16.5. The lowest BCUT2D eigenvalue weighted by Gasteiger charge is -2.14. The molecule has 1 unspecified atom stereocenters. The second-order valence-electron chi connectivity index (χ2n) is 5.77.